The molecular weight excluding hydrogens is 202 g/mol. The Labute approximate surface area is 85.7 Å². The van der Waals surface area contributed by atoms with Crippen molar-refractivity contribution < 1.29 is 14.6 Å². The van der Waals surface area contributed by atoms with Crippen LogP contribution in [0.25, 0.3) is 0 Å². The molecule has 1 aromatic rings. The number of aliphatic hydroxyl groups is 1. The monoisotopic (exact) mass is 213 g/mol. The van der Waals surface area contributed by atoms with Gasteiger partial charge in [0, 0.05) is 0 Å². The molecule has 1 atom stereocenters. The zero-order valence-corrected chi connectivity index (χ0v) is 8.58. The number of aliphatic hydroxyl groups excluding tert-OH is 1. The Hall–Kier alpha value is -1.07. The van der Waals surface area contributed by atoms with E-state index < -0.39 is 0 Å². The van der Waals surface area contributed by atoms with Gasteiger partial charge in [0.1, 0.15) is 11.1 Å². The molecule has 1 aliphatic rings. The van der Waals surface area contributed by atoms with Crippen LogP contribution in [0.15, 0.2) is 11.4 Å². The molecule has 1 aromatic heterocycles. The van der Waals surface area contributed by atoms with Crippen molar-refractivity contribution in [2.45, 2.75) is 13.0 Å². The molecule has 76 valence electrons. The van der Waals surface area contributed by atoms with E-state index in [4.69, 9.17) is 9.84 Å². The molecule has 4 nitrogen and oxygen atoms in total. The van der Waals surface area contributed by atoms with Gasteiger partial charge in [-0.3, -0.25) is 4.90 Å². The molecule has 1 amide bonds. The first-order valence-corrected chi connectivity index (χ1v) is 5.23. The van der Waals surface area contributed by atoms with Gasteiger partial charge in [0.25, 0.3) is 0 Å². The fourth-order valence-corrected chi connectivity index (χ4v) is 2.26. The van der Waals surface area contributed by atoms with Crippen molar-refractivity contribution in [3.8, 4) is 0 Å². The molecule has 1 fully saturated rings. The fourth-order valence-electron chi connectivity index (χ4n) is 1.35. The number of hydrogen-bond donors (Lipinski definition) is 1. The van der Waals surface area contributed by atoms with E-state index >= 15 is 0 Å². The number of aryl methyl sites for hydroxylation is 1. The first-order valence-electron chi connectivity index (χ1n) is 4.35. The SMILES string of the molecule is Cc1csc(N2C[C@H](CO)OC2=O)c1. The second kappa shape index (κ2) is 3.59. The van der Waals surface area contributed by atoms with Gasteiger partial charge < -0.3 is 9.84 Å². The molecule has 14 heavy (non-hydrogen) atoms. The standard InChI is InChI=1S/C9H11NO3S/c1-6-2-8(14-5-6)10-3-7(4-11)13-9(10)12/h2,5,7,11H,3-4H2,1H3/t7-/m1/s1. The van der Waals surface area contributed by atoms with Gasteiger partial charge in [0.15, 0.2) is 0 Å². The van der Waals surface area contributed by atoms with Gasteiger partial charge in [0.2, 0.25) is 0 Å². The largest absolute Gasteiger partial charge is 0.441 e. The van der Waals surface area contributed by atoms with Crippen LogP contribution >= 0.6 is 11.3 Å². The van der Waals surface area contributed by atoms with Crippen LogP contribution in [0.1, 0.15) is 5.56 Å². The number of ether oxygens (including phenoxy) is 1. The van der Waals surface area contributed by atoms with E-state index in [1.165, 1.54) is 11.3 Å². The molecule has 1 saturated heterocycles. The Morgan fingerprint density at radius 2 is 2.57 bits per heavy atom. The van der Waals surface area contributed by atoms with Gasteiger partial charge in [0.05, 0.1) is 13.2 Å². The number of rotatable bonds is 2. The van der Waals surface area contributed by atoms with Crippen LogP contribution in [0.4, 0.5) is 9.80 Å². The Morgan fingerprint density at radius 1 is 1.79 bits per heavy atom. The van der Waals surface area contributed by atoms with Crippen LogP contribution in [0.3, 0.4) is 0 Å². The first-order chi connectivity index (χ1) is 6.70. The lowest BCUT2D eigenvalue weighted by atomic mass is 10.3. The molecule has 0 aliphatic carbocycles. The second-order valence-corrected chi connectivity index (χ2v) is 4.15. The number of carbonyl (C=O) groups is 1. The maximum absolute atomic E-state index is 11.4. The van der Waals surface area contributed by atoms with E-state index in [0.29, 0.717) is 6.54 Å². The number of amides is 1. The molecule has 0 bridgehead atoms. The van der Waals surface area contributed by atoms with Crippen LogP contribution in [-0.2, 0) is 4.74 Å². The maximum atomic E-state index is 11.4. The highest BCUT2D eigenvalue weighted by molar-refractivity contribution is 7.14. The van der Waals surface area contributed by atoms with Crippen LogP contribution in [-0.4, -0.2) is 30.5 Å². The molecule has 5 heteroatoms. The topological polar surface area (TPSA) is 49.8 Å². The van der Waals surface area contributed by atoms with Gasteiger partial charge in [-0.05, 0) is 23.9 Å². The zero-order chi connectivity index (χ0) is 10.1. The van der Waals surface area contributed by atoms with Crippen molar-refractivity contribution in [1.29, 1.82) is 0 Å². The van der Waals surface area contributed by atoms with Crippen LogP contribution in [0.5, 0.6) is 0 Å². The van der Waals surface area contributed by atoms with Gasteiger partial charge >= 0.3 is 6.09 Å². The summed E-state index contributed by atoms with van der Waals surface area (Å²) < 4.78 is 4.93. The molecule has 1 N–H and O–H groups in total. The molecular formula is C9H11NO3S. The van der Waals surface area contributed by atoms with Crippen molar-refractivity contribution in [2.75, 3.05) is 18.1 Å². The number of thiophene rings is 1. The summed E-state index contributed by atoms with van der Waals surface area (Å²) in [6.07, 6.45) is -0.754. The molecule has 0 unspecified atom stereocenters. The van der Waals surface area contributed by atoms with Gasteiger partial charge in [-0.2, -0.15) is 0 Å². The lowest BCUT2D eigenvalue weighted by Crippen LogP contribution is -2.24. The van der Waals surface area contributed by atoms with E-state index in [-0.39, 0.29) is 18.8 Å². The fraction of sp³-hybridized carbons (Fsp3) is 0.444. The summed E-state index contributed by atoms with van der Waals surface area (Å²) in [5.41, 5.74) is 1.13. The second-order valence-electron chi connectivity index (χ2n) is 3.26. The van der Waals surface area contributed by atoms with Crippen LogP contribution in [0, 0.1) is 6.92 Å². The van der Waals surface area contributed by atoms with E-state index in [1.807, 2.05) is 18.4 Å². The highest BCUT2D eigenvalue weighted by Gasteiger charge is 2.32. The van der Waals surface area contributed by atoms with Gasteiger partial charge in [-0.1, -0.05) is 0 Å². The summed E-state index contributed by atoms with van der Waals surface area (Å²) in [7, 11) is 0. The van der Waals surface area contributed by atoms with Crippen molar-refractivity contribution in [1.82, 2.24) is 0 Å². The Balaban J connectivity index is 2.16. The van der Waals surface area contributed by atoms with Crippen molar-refractivity contribution in [3.63, 3.8) is 0 Å². The predicted molar refractivity (Wildman–Crippen MR) is 53.8 cm³/mol. The van der Waals surface area contributed by atoms with E-state index in [0.717, 1.165) is 10.6 Å². The number of carbonyl (C=O) groups excluding carboxylic acids is 1. The summed E-state index contributed by atoms with van der Waals surface area (Å²) in [5.74, 6) is 0. The molecule has 0 radical (unpaired) electrons. The van der Waals surface area contributed by atoms with E-state index in [2.05, 4.69) is 0 Å². The molecule has 0 saturated carbocycles. The lowest BCUT2D eigenvalue weighted by molar-refractivity contribution is 0.0963. The van der Waals surface area contributed by atoms with Crippen molar-refractivity contribution in [3.05, 3.63) is 17.0 Å². The zero-order valence-electron chi connectivity index (χ0n) is 7.77. The lowest BCUT2D eigenvalue weighted by Gasteiger charge is -2.08. The summed E-state index contributed by atoms with van der Waals surface area (Å²) in [5, 5.41) is 11.7. The molecule has 1 aliphatic heterocycles. The average molecular weight is 213 g/mol. The van der Waals surface area contributed by atoms with Crippen molar-refractivity contribution in [2.24, 2.45) is 0 Å². The summed E-state index contributed by atoms with van der Waals surface area (Å²) in [6.45, 7) is 2.30. The number of anilines is 1. The maximum Gasteiger partial charge on any atom is 0.415 e. The number of hydrogen-bond acceptors (Lipinski definition) is 4. The van der Waals surface area contributed by atoms with Crippen LogP contribution in [0.2, 0.25) is 0 Å². The third kappa shape index (κ3) is 1.60. The molecule has 0 spiro atoms. The van der Waals surface area contributed by atoms with E-state index in [1.54, 1.807) is 4.90 Å². The minimum absolute atomic E-state index is 0.118. The quantitative estimate of drug-likeness (QED) is 0.807. The Kier molecular flexibility index (Phi) is 2.43. The average Bonchev–Trinajstić information content (AvgIpc) is 2.71. The summed E-state index contributed by atoms with van der Waals surface area (Å²) in [6, 6.07) is 1.94. The van der Waals surface area contributed by atoms with Gasteiger partial charge in [-0.25, -0.2) is 4.79 Å². The van der Waals surface area contributed by atoms with Gasteiger partial charge in [-0.15, -0.1) is 11.3 Å². The highest BCUT2D eigenvalue weighted by atomic mass is 32.1. The molecule has 0 aromatic carbocycles. The Morgan fingerprint density at radius 3 is 3.07 bits per heavy atom. The van der Waals surface area contributed by atoms with E-state index in [9.17, 15) is 4.79 Å². The third-order valence-corrected chi connectivity index (χ3v) is 3.13. The summed E-state index contributed by atoms with van der Waals surface area (Å²) >= 11 is 1.51. The summed E-state index contributed by atoms with van der Waals surface area (Å²) in [4.78, 5) is 12.9. The first kappa shape index (κ1) is 9.48. The molecule has 2 heterocycles. The highest BCUT2D eigenvalue weighted by Crippen LogP contribution is 2.28. The predicted octanol–water partition coefficient (Wildman–Crippen LogP) is 1.37. The molecule has 2 rings (SSSR count). The smallest absolute Gasteiger partial charge is 0.415 e. The Bertz CT molecular complexity index is 350. The number of nitrogens with zero attached hydrogens (tertiary/aromatic N) is 1. The minimum Gasteiger partial charge on any atom is -0.441 e. The normalized spacial score (nSPS) is 21.4. The number of cyclic esters (lactones) is 1. The minimum atomic E-state index is -0.384. The van der Waals surface area contributed by atoms with Crippen molar-refractivity contribution >= 4 is 22.4 Å². The third-order valence-electron chi connectivity index (χ3n) is 2.06. The van der Waals surface area contributed by atoms with Crippen LogP contribution < -0.4 is 4.90 Å².